The predicted octanol–water partition coefficient (Wildman–Crippen LogP) is 4.51. The Bertz CT molecular complexity index is 1020. The summed E-state index contributed by atoms with van der Waals surface area (Å²) in [5, 5.41) is 5.04. The summed E-state index contributed by atoms with van der Waals surface area (Å²) in [6, 6.07) is 14.3. The van der Waals surface area contributed by atoms with Crippen molar-refractivity contribution in [2.24, 2.45) is 0 Å². The van der Waals surface area contributed by atoms with Gasteiger partial charge in [0.15, 0.2) is 18.1 Å². The number of rotatable bonds is 7. The highest BCUT2D eigenvalue weighted by molar-refractivity contribution is 7.13. The molecule has 1 aromatic heterocycles. The molecule has 0 bridgehead atoms. The zero-order valence-electron chi connectivity index (χ0n) is 16.1. The summed E-state index contributed by atoms with van der Waals surface area (Å²) >= 11 is 1.34. The molecule has 148 valence electrons. The van der Waals surface area contributed by atoms with Crippen molar-refractivity contribution in [3.8, 4) is 10.6 Å². The van der Waals surface area contributed by atoms with Gasteiger partial charge in [-0.05, 0) is 31.2 Å². The van der Waals surface area contributed by atoms with Gasteiger partial charge >= 0.3 is 5.97 Å². The van der Waals surface area contributed by atoms with E-state index in [0.717, 1.165) is 11.1 Å². The Balaban J connectivity index is 1.57. The summed E-state index contributed by atoms with van der Waals surface area (Å²) in [5.41, 5.74) is 3.24. The van der Waals surface area contributed by atoms with Gasteiger partial charge in [-0.15, -0.1) is 11.3 Å². The summed E-state index contributed by atoms with van der Waals surface area (Å²) in [7, 11) is 0. The first-order valence-corrected chi connectivity index (χ1v) is 9.97. The second-order valence-corrected chi connectivity index (χ2v) is 7.24. The lowest BCUT2D eigenvalue weighted by Gasteiger charge is -2.05. The maximum absolute atomic E-state index is 12.2. The highest BCUT2D eigenvalue weighted by Gasteiger charge is 2.16. The minimum Gasteiger partial charge on any atom is -0.453 e. The van der Waals surface area contributed by atoms with Crippen LogP contribution in [0.15, 0.2) is 53.9 Å². The van der Waals surface area contributed by atoms with E-state index in [2.05, 4.69) is 10.3 Å². The molecule has 0 aliphatic rings. The number of amides is 1. The molecule has 0 unspecified atom stereocenters. The van der Waals surface area contributed by atoms with Gasteiger partial charge < -0.3 is 10.1 Å². The summed E-state index contributed by atoms with van der Waals surface area (Å²) < 4.78 is 5.11. The van der Waals surface area contributed by atoms with Gasteiger partial charge in [0.1, 0.15) is 5.01 Å². The van der Waals surface area contributed by atoms with Crippen molar-refractivity contribution in [1.29, 1.82) is 0 Å². The highest BCUT2D eigenvalue weighted by Crippen LogP contribution is 2.24. The van der Waals surface area contributed by atoms with Gasteiger partial charge in [-0.25, -0.2) is 9.78 Å². The van der Waals surface area contributed by atoms with Crippen molar-refractivity contribution in [2.75, 3.05) is 11.9 Å². The summed E-state index contributed by atoms with van der Waals surface area (Å²) in [6.45, 7) is 3.38. The molecule has 0 atom stereocenters. The molecule has 0 aliphatic heterocycles. The number of thiazole rings is 1. The van der Waals surface area contributed by atoms with Gasteiger partial charge in [-0.1, -0.05) is 36.8 Å². The van der Waals surface area contributed by atoms with Crippen LogP contribution in [0.1, 0.15) is 39.8 Å². The monoisotopic (exact) mass is 408 g/mol. The van der Waals surface area contributed by atoms with Crippen molar-refractivity contribution in [3.63, 3.8) is 0 Å². The SMILES string of the molecule is CCC(=O)Nc1ccc(C(=O)COC(=O)c2csc(-c3ccc(C)cc3)n2)cc1. The Labute approximate surface area is 172 Å². The van der Waals surface area contributed by atoms with Gasteiger partial charge in [0, 0.05) is 28.6 Å². The molecule has 1 heterocycles. The Hall–Kier alpha value is -3.32. The van der Waals surface area contributed by atoms with E-state index in [1.165, 1.54) is 11.3 Å². The zero-order chi connectivity index (χ0) is 20.8. The molecular formula is C22H20N2O4S. The van der Waals surface area contributed by atoms with Crippen LogP contribution in [0.3, 0.4) is 0 Å². The van der Waals surface area contributed by atoms with Crippen LogP contribution >= 0.6 is 11.3 Å². The number of hydrogen-bond donors (Lipinski definition) is 1. The molecule has 1 amide bonds. The van der Waals surface area contributed by atoms with Crippen LogP contribution in [-0.2, 0) is 9.53 Å². The molecule has 0 aliphatic carbocycles. The molecule has 0 saturated carbocycles. The minimum atomic E-state index is -0.639. The molecule has 0 spiro atoms. The molecule has 29 heavy (non-hydrogen) atoms. The average molecular weight is 408 g/mol. The molecule has 0 radical (unpaired) electrons. The molecule has 1 N–H and O–H groups in total. The molecule has 6 nitrogen and oxygen atoms in total. The second-order valence-electron chi connectivity index (χ2n) is 6.38. The van der Waals surface area contributed by atoms with Crippen LogP contribution in [0, 0.1) is 6.92 Å². The zero-order valence-corrected chi connectivity index (χ0v) is 16.9. The van der Waals surface area contributed by atoms with Crippen molar-refractivity contribution in [2.45, 2.75) is 20.3 Å². The van der Waals surface area contributed by atoms with E-state index < -0.39 is 5.97 Å². The van der Waals surface area contributed by atoms with Gasteiger partial charge in [-0.2, -0.15) is 0 Å². The first-order valence-electron chi connectivity index (χ1n) is 9.09. The number of Topliss-reactive ketones (excluding diaryl/α,β-unsaturated/α-hetero) is 1. The third-order valence-electron chi connectivity index (χ3n) is 4.16. The Morgan fingerprint density at radius 2 is 1.72 bits per heavy atom. The standard InChI is InChI=1S/C22H20N2O4S/c1-3-20(26)23-17-10-8-15(9-11-17)19(25)12-28-22(27)18-13-29-21(24-18)16-6-4-14(2)5-7-16/h4-11,13H,3,12H2,1-2H3,(H,23,26). The van der Waals surface area contributed by atoms with Crippen LogP contribution in [-0.4, -0.2) is 29.3 Å². The Kier molecular flexibility index (Phi) is 6.51. The summed E-state index contributed by atoms with van der Waals surface area (Å²) in [4.78, 5) is 40.1. The van der Waals surface area contributed by atoms with E-state index in [-0.39, 0.29) is 24.0 Å². The predicted molar refractivity (Wildman–Crippen MR) is 112 cm³/mol. The Morgan fingerprint density at radius 3 is 2.38 bits per heavy atom. The topological polar surface area (TPSA) is 85.4 Å². The van der Waals surface area contributed by atoms with Crippen molar-refractivity contribution in [3.05, 3.63) is 70.7 Å². The van der Waals surface area contributed by atoms with Gasteiger partial charge in [-0.3, -0.25) is 9.59 Å². The van der Waals surface area contributed by atoms with E-state index in [4.69, 9.17) is 4.74 Å². The van der Waals surface area contributed by atoms with E-state index in [1.807, 2.05) is 31.2 Å². The van der Waals surface area contributed by atoms with Crippen molar-refractivity contribution in [1.82, 2.24) is 4.98 Å². The number of aromatic nitrogens is 1. The fraction of sp³-hybridized carbons (Fsp3) is 0.182. The van der Waals surface area contributed by atoms with E-state index in [1.54, 1.807) is 36.6 Å². The third-order valence-corrected chi connectivity index (χ3v) is 5.05. The number of hydrogen-bond acceptors (Lipinski definition) is 6. The van der Waals surface area contributed by atoms with Crippen LogP contribution in [0.2, 0.25) is 0 Å². The smallest absolute Gasteiger partial charge is 0.358 e. The first kappa shape index (κ1) is 20.4. The third kappa shape index (κ3) is 5.36. The largest absolute Gasteiger partial charge is 0.453 e. The quantitative estimate of drug-likeness (QED) is 0.459. The molecule has 7 heteroatoms. The normalized spacial score (nSPS) is 10.4. The number of ketones is 1. The summed E-state index contributed by atoms with van der Waals surface area (Å²) in [6.07, 6.45) is 0.374. The lowest BCUT2D eigenvalue weighted by Crippen LogP contribution is -2.15. The van der Waals surface area contributed by atoms with E-state index in [0.29, 0.717) is 22.7 Å². The maximum Gasteiger partial charge on any atom is 0.358 e. The van der Waals surface area contributed by atoms with Crippen LogP contribution < -0.4 is 5.32 Å². The summed E-state index contributed by atoms with van der Waals surface area (Å²) in [5.74, 6) is -1.08. The van der Waals surface area contributed by atoms with Crippen LogP contribution in [0.4, 0.5) is 5.69 Å². The number of nitrogens with zero attached hydrogens (tertiary/aromatic N) is 1. The van der Waals surface area contributed by atoms with Gasteiger partial charge in [0.05, 0.1) is 0 Å². The first-order chi connectivity index (χ1) is 14.0. The number of ether oxygens (including phenoxy) is 1. The molecular weight excluding hydrogens is 388 g/mol. The number of aryl methyl sites for hydroxylation is 1. The fourth-order valence-electron chi connectivity index (χ4n) is 2.47. The number of nitrogens with one attached hydrogen (secondary N) is 1. The molecule has 2 aromatic carbocycles. The maximum atomic E-state index is 12.2. The fourth-order valence-corrected chi connectivity index (χ4v) is 3.27. The number of benzene rings is 2. The second kappa shape index (κ2) is 9.25. The molecule has 3 aromatic rings. The number of anilines is 1. The molecule has 0 saturated heterocycles. The van der Waals surface area contributed by atoms with E-state index in [9.17, 15) is 14.4 Å². The average Bonchev–Trinajstić information content (AvgIpc) is 3.23. The molecule has 0 fully saturated rings. The van der Waals surface area contributed by atoms with Gasteiger partial charge in [0.2, 0.25) is 5.91 Å². The number of carbonyl (C=O) groups is 3. The number of esters is 1. The highest BCUT2D eigenvalue weighted by atomic mass is 32.1. The van der Waals surface area contributed by atoms with Gasteiger partial charge in [0.25, 0.3) is 0 Å². The van der Waals surface area contributed by atoms with Crippen molar-refractivity contribution < 1.29 is 19.1 Å². The van der Waals surface area contributed by atoms with Crippen molar-refractivity contribution >= 4 is 34.7 Å². The van der Waals surface area contributed by atoms with Crippen LogP contribution in [0.5, 0.6) is 0 Å². The van der Waals surface area contributed by atoms with E-state index >= 15 is 0 Å². The molecule has 3 rings (SSSR count). The lowest BCUT2D eigenvalue weighted by atomic mass is 10.1. The Morgan fingerprint density at radius 1 is 1.03 bits per heavy atom. The number of carbonyl (C=O) groups excluding carboxylic acids is 3. The minimum absolute atomic E-state index is 0.105. The lowest BCUT2D eigenvalue weighted by molar-refractivity contribution is -0.115. The van der Waals surface area contributed by atoms with Crippen LogP contribution in [0.25, 0.3) is 10.6 Å².